The number of nitrogens with one attached hydrogen (secondary N) is 2. The third kappa shape index (κ3) is 5.95. The molecule has 5 nitrogen and oxygen atoms in total. The highest BCUT2D eigenvalue weighted by molar-refractivity contribution is 5.81. The van der Waals surface area contributed by atoms with E-state index >= 15 is 0 Å². The number of rotatable bonds is 7. The number of hydrogen-bond donors (Lipinski definition) is 2. The van der Waals surface area contributed by atoms with Gasteiger partial charge in [0.1, 0.15) is 0 Å². The topological polar surface area (TPSA) is 71.1 Å². The zero-order valence-electron chi connectivity index (χ0n) is 14.8. The Labute approximate surface area is 144 Å². The van der Waals surface area contributed by atoms with Crippen LogP contribution in [0.4, 0.5) is 0 Å². The fourth-order valence-corrected chi connectivity index (χ4v) is 3.08. The van der Waals surface area contributed by atoms with Crippen molar-refractivity contribution in [1.29, 1.82) is 0 Å². The molecule has 0 atom stereocenters. The number of nitrogens with zero attached hydrogens (tertiary/aromatic N) is 1. The lowest BCUT2D eigenvalue weighted by molar-refractivity contribution is -0.130. The van der Waals surface area contributed by atoms with Gasteiger partial charge in [-0.25, -0.2) is 0 Å². The number of hydrogen-bond acceptors (Lipinski definition) is 3. The highest BCUT2D eigenvalue weighted by Gasteiger charge is 2.29. The molecule has 0 aromatic carbocycles. The Bertz CT molecular complexity index is 523. The molecule has 1 fully saturated rings. The van der Waals surface area contributed by atoms with Crippen molar-refractivity contribution in [3.05, 3.63) is 30.1 Å². The van der Waals surface area contributed by atoms with E-state index in [0.29, 0.717) is 12.5 Å². The molecule has 1 aromatic heterocycles. The molecule has 5 heteroatoms. The van der Waals surface area contributed by atoms with E-state index in [-0.39, 0.29) is 23.7 Å². The van der Waals surface area contributed by atoms with Crippen molar-refractivity contribution in [2.45, 2.75) is 52.5 Å². The summed E-state index contributed by atoms with van der Waals surface area (Å²) >= 11 is 0. The molecular weight excluding hydrogens is 302 g/mol. The van der Waals surface area contributed by atoms with Gasteiger partial charge in [0.15, 0.2) is 0 Å². The molecule has 24 heavy (non-hydrogen) atoms. The third-order valence-electron chi connectivity index (χ3n) is 4.71. The fourth-order valence-electron chi connectivity index (χ4n) is 3.08. The largest absolute Gasteiger partial charge is 0.356 e. The van der Waals surface area contributed by atoms with Crippen LogP contribution in [-0.2, 0) is 16.1 Å². The van der Waals surface area contributed by atoms with E-state index in [1.54, 1.807) is 12.4 Å². The maximum Gasteiger partial charge on any atom is 0.223 e. The van der Waals surface area contributed by atoms with E-state index in [0.717, 1.165) is 44.2 Å². The van der Waals surface area contributed by atoms with Crippen molar-refractivity contribution in [1.82, 2.24) is 15.6 Å². The van der Waals surface area contributed by atoms with E-state index in [9.17, 15) is 9.59 Å². The minimum Gasteiger partial charge on any atom is -0.356 e. The summed E-state index contributed by atoms with van der Waals surface area (Å²) in [4.78, 5) is 28.4. The highest BCUT2D eigenvalue weighted by Crippen LogP contribution is 2.29. The zero-order valence-corrected chi connectivity index (χ0v) is 14.8. The van der Waals surface area contributed by atoms with Gasteiger partial charge < -0.3 is 10.6 Å². The Hall–Kier alpha value is -1.91. The van der Waals surface area contributed by atoms with Gasteiger partial charge in [-0.3, -0.25) is 14.6 Å². The molecule has 0 radical (unpaired) electrons. The van der Waals surface area contributed by atoms with Crippen LogP contribution in [0.25, 0.3) is 0 Å². The average Bonchev–Trinajstić information content (AvgIpc) is 2.60. The number of amides is 2. The van der Waals surface area contributed by atoms with Crippen LogP contribution < -0.4 is 10.6 Å². The standard InChI is InChI=1S/C19H29N3O2/c1-14(2)7-12-21-18(23)16-3-5-17(6-4-16)19(24)22-13-15-8-10-20-11-9-15/h8-11,14,16-17H,3-7,12-13H2,1-2H3,(H,21,23)(H,22,24). The first-order valence-electron chi connectivity index (χ1n) is 9.00. The van der Waals surface area contributed by atoms with Crippen LogP contribution in [0.2, 0.25) is 0 Å². The van der Waals surface area contributed by atoms with Crippen LogP contribution in [0, 0.1) is 17.8 Å². The predicted octanol–water partition coefficient (Wildman–Crippen LogP) is 2.67. The van der Waals surface area contributed by atoms with Crippen LogP contribution in [0.5, 0.6) is 0 Å². The third-order valence-corrected chi connectivity index (χ3v) is 4.71. The second kappa shape index (κ2) is 9.40. The van der Waals surface area contributed by atoms with Crippen LogP contribution in [0.3, 0.4) is 0 Å². The maximum absolute atomic E-state index is 12.3. The van der Waals surface area contributed by atoms with E-state index in [4.69, 9.17) is 0 Å². The van der Waals surface area contributed by atoms with E-state index < -0.39 is 0 Å². The Morgan fingerprint density at radius 1 is 1.04 bits per heavy atom. The first kappa shape index (κ1) is 18.4. The number of pyridine rings is 1. The zero-order chi connectivity index (χ0) is 17.4. The molecule has 0 bridgehead atoms. The summed E-state index contributed by atoms with van der Waals surface area (Å²) < 4.78 is 0. The van der Waals surface area contributed by atoms with Crippen molar-refractivity contribution < 1.29 is 9.59 Å². The van der Waals surface area contributed by atoms with Crippen LogP contribution in [-0.4, -0.2) is 23.3 Å². The molecule has 0 spiro atoms. The molecule has 0 aliphatic heterocycles. The summed E-state index contributed by atoms with van der Waals surface area (Å²) in [5, 5.41) is 6.02. The van der Waals surface area contributed by atoms with Gasteiger partial charge in [0.05, 0.1) is 0 Å². The van der Waals surface area contributed by atoms with E-state index in [1.807, 2.05) is 12.1 Å². The first-order valence-corrected chi connectivity index (χ1v) is 9.00. The lowest BCUT2D eigenvalue weighted by atomic mass is 9.81. The van der Waals surface area contributed by atoms with Crippen molar-refractivity contribution in [2.24, 2.45) is 17.8 Å². The van der Waals surface area contributed by atoms with Crippen LogP contribution in [0.15, 0.2) is 24.5 Å². The Balaban J connectivity index is 1.68. The van der Waals surface area contributed by atoms with E-state index in [1.165, 1.54) is 0 Å². The number of carbonyl (C=O) groups is 2. The molecule has 2 amide bonds. The lowest BCUT2D eigenvalue weighted by Crippen LogP contribution is -2.37. The van der Waals surface area contributed by atoms with Gasteiger partial charge in [-0.1, -0.05) is 13.8 Å². The fraction of sp³-hybridized carbons (Fsp3) is 0.632. The van der Waals surface area contributed by atoms with Crippen molar-refractivity contribution in [3.63, 3.8) is 0 Å². The van der Waals surface area contributed by atoms with Gasteiger partial charge in [-0.2, -0.15) is 0 Å². The monoisotopic (exact) mass is 331 g/mol. The molecule has 1 aromatic rings. The molecular formula is C19H29N3O2. The van der Waals surface area contributed by atoms with Gasteiger partial charge in [0, 0.05) is 37.3 Å². The summed E-state index contributed by atoms with van der Waals surface area (Å²) in [6.07, 6.45) is 7.67. The molecule has 0 unspecified atom stereocenters. The SMILES string of the molecule is CC(C)CCNC(=O)C1CCC(C(=O)NCc2ccncc2)CC1. The first-order chi connectivity index (χ1) is 11.6. The highest BCUT2D eigenvalue weighted by atomic mass is 16.2. The van der Waals surface area contributed by atoms with Gasteiger partial charge >= 0.3 is 0 Å². The maximum atomic E-state index is 12.3. The van der Waals surface area contributed by atoms with Crippen molar-refractivity contribution in [3.8, 4) is 0 Å². The number of carbonyl (C=O) groups excluding carboxylic acids is 2. The van der Waals surface area contributed by atoms with Gasteiger partial charge in [0.2, 0.25) is 11.8 Å². The predicted molar refractivity (Wildman–Crippen MR) is 94.0 cm³/mol. The Kier molecular flexibility index (Phi) is 7.22. The molecule has 2 N–H and O–H groups in total. The summed E-state index contributed by atoms with van der Waals surface area (Å²) in [6.45, 7) is 5.60. The van der Waals surface area contributed by atoms with Gasteiger partial charge in [-0.05, 0) is 55.7 Å². The molecule has 2 rings (SSSR count). The lowest BCUT2D eigenvalue weighted by Gasteiger charge is -2.27. The molecule has 1 saturated carbocycles. The summed E-state index contributed by atoms with van der Waals surface area (Å²) in [6, 6.07) is 3.80. The summed E-state index contributed by atoms with van der Waals surface area (Å²) in [7, 11) is 0. The minimum atomic E-state index is 0.0338. The van der Waals surface area contributed by atoms with Crippen molar-refractivity contribution in [2.75, 3.05) is 6.54 Å². The smallest absolute Gasteiger partial charge is 0.223 e. The summed E-state index contributed by atoms with van der Waals surface area (Å²) in [5.74, 6) is 0.967. The Morgan fingerprint density at radius 3 is 2.12 bits per heavy atom. The van der Waals surface area contributed by atoms with Gasteiger partial charge in [0.25, 0.3) is 0 Å². The summed E-state index contributed by atoms with van der Waals surface area (Å²) in [5.41, 5.74) is 1.05. The molecule has 132 valence electrons. The van der Waals surface area contributed by atoms with Crippen LogP contribution in [0.1, 0.15) is 51.5 Å². The second-order valence-corrected chi connectivity index (χ2v) is 7.10. The Morgan fingerprint density at radius 2 is 1.58 bits per heavy atom. The van der Waals surface area contributed by atoms with Crippen LogP contribution >= 0.6 is 0 Å². The molecule has 1 aliphatic rings. The normalized spacial score (nSPS) is 20.6. The second-order valence-electron chi connectivity index (χ2n) is 7.10. The molecule has 1 aliphatic carbocycles. The molecule has 1 heterocycles. The number of aromatic nitrogens is 1. The quantitative estimate of drug-likeness (QED) is 0.807. The molecule has 0 saturated heterocycles. The average molecular weight is 331 g/mol. The van der Waals surface area contributed by atoms with E-state index in [2.05, 4.69) is 29.5 Å². The van der Waals surface area contributed by atoms with Crippen molar-refractivity contribution >= 4 is 11.8 Å². The minimum absolute atomic E-state index is 0.0338. The van der Waals surface area contributed by atoms with Gasteiger partial charge in [-0.15, -0.1) is 0 Å².